The fourth-order valence-corrected chi connectivity index (χ4v) is 9.33. The van der Waals surface area contributed by atoms with Gasteiger partial charge in [0.2, 0.25) is 23.6 Å². The van der Waals surface area contributed by atoms with Crippen LogP contribution in [0.5, 0.6) is 5.75 Å². The molecule has 0 saturated heterocycles. The van der Waals surface area contributed by atoms with Crippen molar-refractivity contribution in [3.8, 4) is 5.75 Å². The van der Waals surface area contributed by atoms with Crippen molar-refractivity contribution in [3.63, 3.8) is 0 Å². The fourth-order valence-electron chi connectivity index (χ4n) is 8.67. The van der Waals surface area contributed by atoms with Crippen molar-refractivity contribution in [1.82, 2.24) is 25.8 Å². The van der Waals surface area contributed by atoms with Gasteiger partial charge in [0.15, 0.2) is 0 Å². The van der Waals surface area contributed by atoms with Crippen LogP contribution in [-0.4, -0.2) is 203 Å². The van der Waals surface area contributed by atoms with Crippen molar-refractivity contribution in [1.29, 1.82) is 0 Å². The Kier molecular flexibility index (Phi) is 29.1. The third kappa shape index (κ3) is 23.4. The molecule has 9 amide bonds. The average Bonchev–Trinajstić information content (AvgIpc) is 3.86. The second kappa shape index (κ2) is 36.0. The number of nitrogens with two attached hydrogens (primary N) is 1. The number of fused-ring (bicyclic) bond motifs is 3. The number of hydrogen-bond donors (Lipinski definition) is 7. The van der Waals surface area contributed by atoms with E-state index < -0.39 is 80.6 Å². The van der Waals surface area contributed by atoms with Crippen LogP contribution in [-0.2, 0) is 77.9 Å². The summed E-state index contributed by atoms with van der Waals surface area (Å²) in [6, 6.07) is 11.2. The monoisotopic (exact) mass is 1230 g/mol. The Bertz CT molecular complexity index is 2810. The summed E-state index contributed by atoms with van der Waals surface area (Å²) in [4.78, 5) is 136. The molecule has 466 valence electrons. The van der Waals surface area contributed by atoms with E-state index in [-0.39, 0.29) is 101 Å². The van der Waals surface area contributed by atoms with Gasteiger partial charge in [0, 0.05) is 60.6 Å². The molecule has 3 atom stereocenters. The van der Waals surface area contributed by atoms with E-state index in [0.717, 1.165) is 9.80 Å². The molecule has 85 heavy (non-hydrogen) atoms. The highest BCUT2D eigenvalue weighted by Crippen LogP contribution is 2.49. The number of rotatable bonds is 40. The lowest BCUT2D eigenvalue weighted by Gasteiger charge is -2.25. The third-order valence-corrected chi connectivity index (χ3v) is 13.7. The third-order valence-electron chi connectivity index (χ3n) is 12.9. The molecule has 28 nitrogen and oxygen atoms in total. The number of anilines is 2. The number of phosphoric acid groups is 1. The highest BCUT2D eigenvalue weighted by atomic mass is 35.5. The summed E-state index contributed by atoms with van der Waals surface area (Å²) in [5.74, 6) is -3.93. The number of urea groups is 1. The van der Waals surface area contributed by atoms with Crippen LogP contribution in [0.2, 0.25) is 0 Å². The first-order valence-corrected chi connectivity index (χ1v) is 29.4. The van der Waals surface area contributed by atoms with Gasteiger partial charge in [-0.3, -0.25) is 48.4 Å². The van der Waals surface area contributed by atoms with Gasteiger partial charge in [-0.05, 0) is 47.4 Å². The molecule has 0 saturated carbocycles. The number of nitrogens with zero attached hydrogens (tertiary/aromatic N) is 3. The van der Waals surface area contributed by atoms with E-state index in [9.17, 15) is 57.5 Å². The second-order valence-corrected chi connectivity index (χ2v) is 20.9. The van der Waals surface area contributed by atoms with Crippen LogP contribution in [0.15, 0.2) is 66.7 Å². The zero-order valence-corrected chi connectivity index (χ0v) is 48.9. The number of alkyl halides is 1. The fraction of sp³-hybridized carbons (Fsp3) is 0.509. The number of hydrogen-bond acceptors (Lipinski definition) is 18. The lowest BCUT2D eigenvalue weighted by molar-refractivity contribution is -0.138. The van der Waals surface area contributed by atoms with Gasteiger partial charge < -0.3 is 74.4 Å². The van der Waals surface area contributed by atoms with Crippen LogP contribution in [0, 0.1) is 5.92 Å². The molecule has 0 aliphatic carbocycles. The van der Waals surface area contributed by atoms with E-state index in [0.29, 0.717) is 86.7 Å². The zero-order chi connectivity index (χ0) is 61.7. The lowest BCUT2D eigenvalue weighted by atomic mass is 9.95. The molecule has 30 heteroatoms. The predicted octanol–water partition coefficient (Wildman–Crippen LogP) is 2.25. The summed E-state index contributed by atoms with van der Waals surface area (Å²) in [5.41, 5.74) is 6.87. The Morgan fingerprint density at radius 3 is 1.93 bits per heavy atom. The number of phosphoric ester groups is 1. The summed E-state index contributed by atoms with van der Waals surface area (Å²) >= 11 is 6.34. The molecule has 5 rings (SSSR count). The van der Waals surface area contributed by atoms with Gasteiger partial charge in [-0.25, -0.2) is 14.2 Å². The zero-order valence-electron chi connectivity index (χ0n) is 47.3. The number of benzene rings is 3. The average molecular weight is 1230 g/mol. The Balaban J connectivity index is 0.997. The first-order valence-electron chi connectivity index (χ1n) is 27.3. The number of imide groups is 1. The Hall–Kier alpha value is -7.11. The maximum Gasteiger partial charge on any atom is 0.524 e. The van der Waals surface area contributed by atoms with Crippen LogP contribution in [0.1, 0.15) is 50.2 Å². The van der Waals surface area contributed by atoms with Crippen LogP contribution < -0.4 is 36.4 Å². The quantitative estimate of drug-likeness (QED) is 0.0141. The number of aldehydes is 1. The van der Waals surface area contributed by atoms with E-state index in [1.807, 2.05) is 0 Å². The van der Waals surface area contributed by atoms with Gasteiger partial charge in [0.1, 0.15) is 37.3 Å². The molecule has 0 aromatic heterocycles. The number of carbonyl (C=O) groups is 9. The van der Waals surface area contributed by atoms with Crippen molar-refractivity contribution in [2.45, 2.75) is 57.7 Å². The van der Waals surface area contributed by atoms with E-state index in [4.69, 9.17) is 55.0 Å². The largest absolute Gasteiger partial charge is 0.524 e. The lowest BCUT2D eigenvalue weighted by Crippen LogP contribution is -2.54. The molecule has 2 heterocycles. The molecule has 2 aliphatic rings. The minimum Gasteiger partial charge on any atom is -0.445 e. The predicted molar refractivity (Wildman–Crippen MR) is 306 cm³/mol. The summed E-state index contributed by atoms with van der Waals surface area (Å²) in [6.45, 7) is 5.79. The smallest absolute Gasteiger partial charge is 0.445 e. The van der Waals surface area contributed by atoms with Crippen LogP contribution in [0.3, 0.4) is 0 Å². The topological polar surface area (TPSA) is 369 Å². The van der Waals surface area contributed by atoms with E-state index >= 15 is 0 Å². The summed E-state index contributed by atoms with van der Waals surface area (Å²) in [5, 5.41) is 11.6. The minimum atomic E-state index is -5.02. The van der Waals surface area contributed by atoms with E-state index in [1.165, 1.54) is 35.3 Å². The summed E-state index contributed by atoms with van der Waals surface area (Å²) < 4.78 is 55.1. The Morgan fingerprint density at radius 1 is 0.800 bits per heavy atom. The summed E-state index contributed by atoms with van der Waals surface area (Å²) in [7, 11) is -5.02. The molecule has 2 aliphatic heterocycles. The van der Waals surface area contributed by atoms with Gasteiger partial charge in [0.05, 0.1) is 98.1 Å². The van der Waals surface area contributed by atoms with Gasteiger partial charge in [-0.2, -0.15) is 0 Å². The number of nitrogens with one attached hydrogen (secondary N) is 4. The van der Waals surface area contributed by atoms with Crippen LogP contribution in [0.4, 0.5) is 21.0 Å². The molecule has 3 aromatic rings. The normalized spacial score (nSPS) is 14.5. The first kappa shape index (κ1) is 68.7. The molecule has 0 radical (unpaired) electrons. The van der Waals surface area contributed by atoms with Gasteiger partial charge in [-0.1, -0.05) is 50.2 Å². The van der Waals surface area contributed by atoms with Gasteiger partial charge in [-0.15, -0.1) is 11.6 Å². The SMILES string of the molecule is CC(C)C(NC(=O)CCOCCOCCOCCOCCOCCOCCN1C(=O)C=CC1=O)C(=O)N[C@@H](CCCNC(N)=O)C(=O)Nc1ccc(COC(=O)N(CC=O)CC(=O)N2CC(CCl)c3c2cc(OP(=O)(O)O)c2ccccc32)cc1. The molecule has 3 aromatic carbocycles. The molecule has 0 spiro atoms. The standard InChI is InChI=1S/C55H74ClN8O20P/c1-37(2)51(61-46(66)15-20-77-22-24-79-26-28-81-30-31-82-29-27-80-25-23-78-21-18-63-47(67)13-14-48(63)68)53(71)60-43(8-5-16-58-54(57)72)52(70)59-40-11-9-38(10-12-40)36-83-55(73)62(17-19-65)35-49(69)64-34-39(33-56)50-42-7-4-3-6-41(42)45(32-44(50)64)84-85(74,75)76/h3-4,6-7,9-14,19,32,37,39,43,51H,5,8,15-18,20-31,33-36H2,1-2H3,(H,59,70)(H,60,71)(H,61,66)(H3,57,58,72)(H2,74,75,76)/t39?,43-,51?/m0/s1. The number of amides is 9. The maximum atomic E-state index is 13.9. The Labute approximate surface area is 495 Å². The molecule has 2 unspecified atom stereocenters. The number of halogens is 1. The number of carbonyl (C=O) groups excluding carboxylic acids is 9. The van der Waals surface area contributed by atoms with Crippen LogP contribution in [0.25, 0.3) is 10.8 Å². The maximum absolute atomic E-state index is 13.9. The second-order valence-electron chi connectivity index (χ2n) is 19.4. The van der Waals surface area contributed by atoms with E-state index in [1.54, 1.807) is 50.2 Å². The molecule has 8 N–H and O–H groups in total. The number of ether oxygens (including phenoxy) is 7. The van der Waals surface area contributed by atoms with Gasteiger partial charge >= 0.3 is 19.9 Å². The minimum absolute atomic E-state index is 0.0429. The van der Waals surface area contributed by atoms with Crippen molar-refractivity contribution >= 4 is 95.4 Å². The van der Waals surface area contributed by atoms with Crippen molar-refractivity contribution in [3.05, 3.63) is 77.9 Å². The van der Waals surface area contributed by atoms with Crippen molar-refractivity contribution < 1.29 is 95.2 Å². The van der Waals surface area contributed by atoms with Gasteiger partial charge in [0.25, 0.3) is 11.8 Å². The highest BCUT2D eigenvalue weighted by molar-refractivity contribution is 7.46. The van der Waals surface area contributed by atoms with Crippen molar-refractivity contribution in [2.24, 2.45) is 11.7 Å². The first-order chi connectivity index (χ1) is 40.8. The van der Waals surface area contributed by atoms with Crippen molar-refractivity contribution in [2.75, 3.05) is 128 Å². The molecular weight excluding hydrogens is 1160 g/mol. The van der Waals surface area contributed by atoms with E-state index in [2.05, 4.69) is 21.3 Å². The highest BCUT2D eigenvalue weighted by Gasteiger charge is 2.37. The van der Waals surface area contributed by atoms with Crippen LogP contribution >= 0.6 is 19.4 Å². The summed E-state index contributed by atoms with van der Waals surface area (Å²) in [6.07, 6.45) is 2.10. The molecule has 0 bridgehead atoms. The number of primary amides is 1. The molecular formula is C55H74ClN8O20P. The molecule has 0 fully saturated rings. The Morgan fingerprint density at radius 2 is 1.38 bits per heavy atom.